The van der Waals surface area contributed by atoms with Gasteiger partial charge in [-0.2, -0.15) is 13.2 Å². The average Bonchev–Trinajstić information content (AvgIpc) is 2.96. The highest BCUT2D eigenvalue weighted by Crippen LogP contribution is 2.32. The molecule has 0 N–H and O–H groups in total. The number of anilines is 1. The summed E-state index contributed by atoms with van der Waals surface area (Å²) in [6.07, 6.45) is -3.60. The second kappa shape index (κ2) is 8.95. The Morgan fingerprint density at radius 3 is 2.30 bits per heavy atom. The zero-order valence-electron chi connectivity index (χ0n) is 16.8. The summed E-state index contributed by atoms with van der Waals surface area (Å²) in [7, 11) is 1.56. The maximum atomic E-state index is 13.1. The van der Waals surface area contributed by atoms with Crippen LogP contribution in [0.1, 0.15) is 23.1 Å². The lowest BCUT2D eigenvalue weighted by Crippen LogP contribution is -2.30. The van der Waals surface area contributed by atoms with Gasteiger partial charge in [-0.25, -0.2) is 4.99 Å². The minimum atomic E-state index is -4.26. The fourth-order valence-corrected chi connectivity index (χ4v) is 4.01. The molecule has 0 unspecified atom stereocenters. The molecule has 0 bridgehead atoms. The van der Waals surface area contributed by atoms with Crippen molar-refractivity contribution in [1.82, 2.24) is 0 Å². The number of carbonyl (C=O) groups excluding carboxylic acids is 1. The number of rotatable bonds is 5. The molecule has 0 atom stereocenters. The number of aliphatic imine (C=N–C) groups is 1. The van der Waals surface area contributed by atoms with Gasteiger partial charge in [0.25, 0.3) is 5.91 Å². The molecule has 4 nitrogen and oxygen atoms in total. The van der Waals surface area contributed by atoms with Crippen molar-refractivity contribution in [3.8, 4) is 5.75 Å². The highest BCUT2D eigenvalue weighted by molar-refractivity contribution is 8.14. The van der Waals surface area contributed by atoms with Gasteiger partial charge in [-0.3, -0.25) is 9.69 Å². The monoisotopic (exact) mass is 434 g/mol. The van der Waals surface area contributed by atoms with Crippen molar-refractivity contribution in [2.45, 2.75) is 26.4 Å². The lowest BCUT2D eigenvalue weighted by atomic mass is 10.1. The fraction of sp³-hybridized carbons (Fsp3) is 0.273. The molecule has 0 aromatic heterocycles. The van der Waals surface area contributed by atoms with Gasteiger partial charge in [0.05, 0.1) is 19.2 Å². The summed E-state index contributed by atoms with van der Waals surface area (Å²) in [4.78, 5) is 18.9. The van der Waals surface area contributed by atoms with Crippen LogP contribution in [0.15, 0.2) is 53.2 Å². The third kappa shape index (κ3) is 5.44. The SMILES string of the molecule is COc1ccc(/C=C2\N=C(SCCC(F)(F)F)N(c3cc(C)cc(C)c3)C2=O)cc1. The van der Waals surface area contributed by atoms with E-state index < -0.39 is 12.6 Å². The van der Waals surface area contributed by atoms with E-state index in [0.29, 0.717) is 11.4 Å². The number of methoxy groups -OCH3 is 1. The number of aryl methyl sites for hydroxylation is 2. The summed E-state index contributed by atoms with van der Waals surface area (Å²) in [5, 5.41) is 0.244. The molecule has 8 heteroatoms. The minimum Gasteiger partial charge on any atom is -0.497 e. The van der Waals surface area contributed by atoms with Gasteiger partial charge in [0, 0.05) is 5.75 Å². The zero-order chi connectivity index (χ0) is 21.9. The van der Waals surface area contributed by atoms with E-state index in [9.17, 15) is 18.0 Å². The summed E-state index contributed by atoms with van der Waals surface area (Å²) in [6.45, 7) is 3.80. The Morgan fingerprint density at radius 2 is 1.73 bits per heavy atom. The van der Waals surface area contributed by atoms with Gasteiger partial charge in [0.2, 0.25) is 0 Å². The van der Waals surface area contributed by atoms with Crippen molar-refractivity contribution in [3.63, 3.8) is 0 Å². The smallest absolute Gasteiger partial charge is 0.389 e. The van der Waals surface area contributed by atoms with Gasteiger partial charge in [-0.1, -0.05) is 30.0 Å². The maximum Gasteiger partial charge on any atom is 0.389 e. The second-order valence-electron chi connectivity index (χ2n) is 6.90. The van der Waals surface area contributed by atoms with Gasteiger partial charge >= 0.3 is 6.18 Å². The third-order valence-corrected chi connectivity index (χ3v) is 5.27. The van der Waals surface area contributed by atoms with Crippen LogP contribution in [0, 0.1) is 13.8 Å². The van der Waals surface area contributed by atoms with E-state index >= 15 is 0 Å². The molecule has 1 aliphatic rings. The summed E-state index contributed by atoms with van der Waals surface area (Å²) in [6, 6.07) is 12.7. The summed E-state index contributed by atoms with van der Waals surface area (Å²) in [5.41, 5.74) is 3.41. The molecule has 3 rings (SSSR count). The van der Waals surface area contributed by atoms with E-state index in [1.807, 2.05) is 32.0 Å². The molecule has 0 radical (unpaired) electrons. The van der Waals surface area contributed by atoms with Crippen molar-refractivity contribution in [2.24, 2.45) is 4.99 Å². The molecule has 0 spiro atoms. The van der Waals surface area contributed by atoms with Crippen molar-refractivity contribution >= 4 is 34.6 Å². The van der Waals surface area contributed by atoms with Crippen LogP contribution in [-0.4, -0.2) is 30.1 Å². The topological polar surface area (TPSA) is 41.9 Å². The molecule has 0 aliphatic carbocycles. The van der Waals surface area contributed by atoms with Crippen LogP contribution in [-0.2, 0) is 4.79 Å². The summed E-state index contributed by atoms with van der Waals surface area (Å²) >= 11 is 0.924. The Bertz CT molecular complexity index is 978. The van der Waals surface area contributed by atoms with Gasteiger partial charge in [-0.15, -0.1) is 0 Å². The van der Waals surface area contributed by atoms with Gasteiger partial charge < -0.3 is 4.74 Å². The number of halogens is 3. The van der Waals surface area contributed by atoms with E-state index in [1.165, 1.54) is 4.90 Å². The maximum absolute atomic E-state index is 13.1. The molecule has 0 fully saturated rings. The Balaban J connectivity index is 1.94. The van der Waals surface area contributed by atoms with Gasteiger partial charge in [0.1, 0.15) is 11.4 Å². The fourth-order valence-electron chi connectivity index (χ4n) is 3.02. The molecule has 0 saturated carbocycles. The average molecular weight is 434 g/mol. The second-order valence-corrected chi connectivity index (χ2v) is 7.96. The molecule has 1 aliphatic heterocycles. The first-order chi connectivity index (χ1) is 14.2. The molecular weight excluding hydrogens is 413 g/mol. The van der Waals surface area contributed by atoms with Crippen molar-refractivity contribution < 1.29 is 22.7 Å². The lowest BCUT2D eigenvalue weighted by Gasteiger charge is -2.19. The van der Waals surface area contributed by atoms with E-state index in [-0.39, 0.29) is 22.5 Å². The number of thioether (sulfide) groups is 1. The first kappa shape index (κ1) is 22.0. The molecule has 2 aromatic carbocycles. The van der Waals surface area contributed by atoms with Gasteiger partial charge in [-0.05, 0) is 60.9 Å². The number of amidine groups is 1. The number of amides is 1. The van der Waals surface area contributed by atoms with Crippen LogP contribution in [0.4, 0.5) is 18.9 Å². The largest absolute Gasteiger partial charge is 0.497 e. The summed E-state index contributed by atoms with van der Waals surface area (Å²) < 4.78 is 42.9. The molecule has 158 valence electrons. The first-order valence-electron chi connectivity index (χ1n) is 9.23. The number of hydrogen-bond donors (Lipinski definition) is 0. The Kier molecular flexibility index (Phi) is 6.55. The van der Waals surface area contributed by atoms with E-state index in [2.05, 4.69) is 4.99 Å². The number of hydrogen-bond acceptors (Lipinski definition) is 4. The molecular formula is C22H21F3N2O2S. The standard InChI is InChI=1S/C22H21F3N2O2S/c1-14-10-15(2)12-17(11-14)27-20(28)19(13-16-4-6-18(29-3)7-5-16)26-21(27)30-9-8-22(23,24)25/h4-7,10-13H,8-9H2,1-3H3/b19-13-. The molecule has 1 heterocycles. The lowest BCUT2D eigenvalue weighted by molar-refractivity contribution is -0.129. The number of ether oxygens (including phenoxy) is 1. The zero-order valence-corrected chi connectivity index (χ0v) is 17.6. The normalized spacial score (nSPS) is 15.7. The molecule has 1 amide bonds. The highest BCUT2D eigenvalue weighted by atomic mass is 32.2. The quantitative estimate of drug-likeness (QED) is 0.564. The van der Waals surface area contributed by atoms with Crippen molar-refractivity contribution in [2.75, 3.05) is 17.8 Å². The molecule has 2 aromatic rings. The predicted molar refractivity (Wildman–Crippen MR) is 115 cm³/mol. The van der Waals surface area contributed by atoms with E-state index in [4.69, 9.17) is 4.74 Å². The Hall–Kier alpha value is -2.74. The summed E-state index contributed by atoms with van der Waals surface area (Å²) in [5.74, 6) is 0.0937. The highest BCUT2D eigenvalue weighted by Gasteiger charge is 2.33. The van der Waals surface area contributed by atoms with Gasteiger partial charge in [0.15, 0.2) is 5.17 Å². The number of benzene rings is 2. The van der Waals surface area contributed by atoms with Crippen molar-refractivity contribution in [1.29, 1.82) is 0 Å². The van der Waals surface area contributed by atoms with Crippen LogP contribution in [0.5, 0.6) is 5.75 Å². The van der Waals surface area contributed by atoms with Crippen LogP contribution >= 0.6 is 11.8 Å². The molecule has 30 heavy (non-hydrogen) atoms. The van der Waals surface area contributed by atoms with Crippen LogP contribution in [0.3, 0.4) is 0 Å². The van der Waals surface area contributed by atoms with Crippen LogP contribution in [0.2, 0.25) is 0 Å². The number of nitrogens with zero attached hydrogens (tertiary/aromatic N) is 2. The predicted octanol–water partition coefficient (Wildman–Crippen LogP) is 5.74. The van der Waals surface area contributed by atoms with E-state index in [0.717, 1.165) is 28.5 Å². The van der Waals surface area contributed by atoms with Crippen LogP contribution < -0.4 is 9.64 Å². The van der Waals surface area contributed by atoms with E-state index in [1.54, 1.807) is 37.5 Å². The molecule has 0 saturated heterocycles. The Morgan fingerprint density at radius 1 is 1.10 bits per heavy atom. The van der Waals surface area contributed by atoms with Crippen LogP contribution in [0.25, 0.3) is 6.08 Å². The van der Waals surface area contributed by atoms with Crippen molar-refractivity contribution in [3.05, 3.63) is 64.9 Å². The minimum absolute atomic E-state index is 0.175. The number of carbonyl (C=O) groups is 1. The first-order valence-corrected chi connectivity index (χ1v) is 10.2. The Labute approximate surface area is 177 Å². The number of alkyl halides is 3. The third-order valence-electron chi connectivity index (χ3n) is 4.33.